The van der Waals surface area contributed by atoms with Crippen molar-refractivity contribution in [3.8, 4) is 10.6 Å². The SMILES string of the molecule is CCNC(=NCc1sc(-c2ccccc2)nc1C)NCCCN1CCCCCC1=O. The minimum atomic E-state index is 0.308. The highest BCUT2D eigenvalue weighted by atomic mass is 32.1. The van der Waals surface area contributed by atoms with Crippen molar-refractivity contribution in [1.82, 2.24) is 20.5 Å². The van der Waals surface area contributed by atoms with Crippen LogP contribution >= 0.6 is 11.3 Å². The first-order valence-corrected chi connectivity index (χ1v) is 11.8. The fourth-order valence-electron chi connectivity index (χ4n) is 3.52. The summed E-state index contributed by atoms with van der Waals surface area (Å²) in [6.45, 7) is 8.06. The number of guanidine groups is 1. The Morgan fingerprint density at radius 3 is 2.83 bits per heavy atom. The Morgan fingerprint density at radius 2 is 2.03 bits per heavy atom. The molecule has 162 valence electrons. The Balaban J connectivity index is 1.52. The minimum absolute atomic E-state index is 0.308. The smallest absolute Gasteiger partial charge is 0.222 e. The monoisotopic (exact) mass is 427 g/mol. The van der Waals surface area contributed by atoms with Crippen LogP contribution in [0.25, 0.3) is 10.6 Å². The van der Waals surface area contributed by atoms with Gasteiger partial charge in [-0.15, -0.1) is 11.3 Å². The third kappa shape index (κ3) is 6.55. The number of nitrogens with zero attached hydrogens (tertiary/aromatic N) is 3. The van der Waals surface area contributed by atoms with E-state index in [9.17, 15) is 4.79 Å². The standard InChI is InChI=1S/C23H33N5OS/c1-3-24-23(25-14-10-16-28-15-9-5-8-13-21(28)29)26-17-20-18(2)27-22(30-20)19-11-6-4-7-12-19/h4,6-7,11-12H,3,5,8-10,13-17H2,1-2H3,(H2,24,25,26). The Hall–Kier alpha value is -2.41. The largest absolute Gasteiger partial charge is 0.357 e. The summed E-state index contributed by atoms with van der Waals surface area (Å²) >= 11 is 1.70. The summed E-state index contributed by atoms with van der Waals surface area (Å²) in [5.74, 6) is 1.12. The number of aromatic nitrogens is 1. The summed E-state index contributed by atoms with van der Waals surface area (Å²) in [4.78, 5) is 24.8. The summed E-state index contributed by atoms with van der Waals surface area (Å²) in [5.41, 5.74) is 2.19. The number of carbonyl (C=O) groups is 1. The summed E-state index contributed by atoms with van der Waals surface area (Å²) in [6, 6.07) is 10.3. The number of nitrogens with one attached hydrogen (secondary N) is 2. The van der Waals surface area contributed by atoms with Crippen LogP contribution in [-0.4, -0.2) is 47.9 Å². The zero-order valence-electron chi connectivity index (χ0n) is 18.1. The first-order valence-electron chi connectivity index (χ1n) is 11.0. The average molecular weight is 428 g/mol. The highest BCUT2D eigenvalue weighted by Gasteiger charge is 2.15. The molecular weight excluding hydrogens is 394 g/mol. The van der Waals surface area contributed by atoms with Crippen molar-refractivity contribution >= 4 is 23.2 Å². The fourth-order valence-corrected chi connectivity index (χ4v) is 4.52. The first-order chi connectivity index (χ1) is 14.7. The molecule has 0 aliphatic carbocycles. The first kappa shape index (κ1) is 22.3. The van der Waals surface area contributed by atoms with Gasteiger partial charge in [-0.2, -0.15) is 0 Å². The Morgan fingerprint density at radius 1 is 1.20 bits per heavy atom. The van der Waals surface area contributed by atoms with E-state index >= 15 is 0 Å². The molecule has 1 aliphatic heterocycles. The van der Waals surface area contributed by atoms with Crippen LogP contribution in [0.15, 0.2) is 35.3 Å². The van der Waals surface area contributed by atoms with Crippen LogP contribution < -0.4 is 10.6 Å². The van der Waals surface area contributed by atoms with E-state index in [0.717, 1.165) is 67.7 Å². The van der Waals surface area contributed by atoms with E-state index in [0.29, 0.717) is 18.9 Å². The number of benzene rings is 1. The van der Waals surface area contributed by atoms with Crippen molar-refractivity contribution in [1.29, 1.82) is 0 Å². The van der Waals surface area contributed by atoms with Crippen molar-refractivity contribution in [3.05, 3.63) is 40.9 Å². The zero-order chi connectivity index (χ0) is 21.2. The molecule has 6 nitrogen and oxygen atoms in total. The van der Waals surface area contributed by atoms with Gasteiger partial charge in [0.05, 0.1) is 12.2 Å². The second-order valence-corrected chi connectivity index (χ2v) is 8.64. The Labute approximate surface area is 183 Å². The van der Waals surface area contributed by atoms with E-state index in [1.165, 1.54) is 11.3 Å². The van der Waals surface area contributed by atoms with Gasteiger partial charge in [0.25, 0.3) is 0 Å². The van der Waals surface area contributed by atoms with Crippen LogP contribution in [0.4, 0.5) is 0 Å². The highest BCUT2D eigenvalue weighted by Crippen LogP contribution is 2.28. The number of carbonyl (C=O) groups excluding carboxylic acids is 1. The third-order valence-corrected chi connectivity index (χ3v) is 6.40. The topological polar surface area (TPSA) is 69.6 Å². The minimum Gasteiger partial charge on any atom is -0.357 e. The van der Waals surface area contributed by atoms with Crippen LogP contribution in [0.1, 0.15) is 49.6 Å². The van der Waals surface area contributed by atoms with Gasteiger partial charge >= 0.3 is 0 Å². The highest BCUT2D eigenvalue weighted by molar-refractivity contribution is 7.15. The fraction of sp³-hybridized carbons (Fsp3) is 0.522. The van der Waals surface area contributed by atoms with Crippen LogP contribution in [0.5, 0.6) is 0 Å². The molecule has 0 bridgehead atoms. The second kappa shape index (κ2) is 11.7. The van der Waals surface area contributed by atoms with Gasteiger partial charge in [0, 0.05) is 43.0 Å². The molecule has 0 unspecified atom stereocenters. The van der Waals surface area contributed by atoms with Crippen molar-refractivity contribution in [2.24, 2.45) is 4.99 Å². The van der Waals surface area contributed by atoms with E-state index in [2.05, 4.69) is 29.7 Å². The van der Waals surface area contributed by atoms with E-state index in [4.69, 9.17) is 9.98 Å². The predicted octanol–water partition coefficient (Wildman–Crippen LogP) is 3.97. The maximum Gasteiger partial charge on any atom is 0.222 e. The summed E-state index contributed by atoms with van der Waals surface area (Å²) < 4.78 is 0. The van der Waals surface area contributed by atoms with Crippen LogP contribution in [0.2, 0.25) is 0 Å². The van der Waals surface area contributed by atoms with Gasteiger partial charge in [0.2, 0.25) is 5.91 Å². The molecule has 0 radical (unpaired) electrons. The molecule has 1 aromatic heterocycles. The molecule has 0 atom stereocenters. The molecule has 1 aromatic carbocycles. The lowest BCUT2D eigenvalue weighted by Crippen LogP contribution is -2.39. The van der Waals surface area contributed by atoms with Crippen LogP contribution in [0.3, 0.4) is 0 Å². The summed E-state index contributed by atoms with van der Waals surface area (Å²) in [7, 11) is 0. The van der Waals surface area contributed by atoms with Crippen molar-refractivity contribution < 1.29 is 4.79 Å². The number of aryl methyl sites for hydroxylation is 1. The van der Waals surface area contributed by atoms with Crippen LogP contribution in [-0.2, 0) is 11.3 Å². The number of likely N-dealkylation sites (tertiary alicyclic amines) is 1. The molecule has 1 saturated heterocycles. The Kier molecular flexibility index (Phi) is 8.68. The molecular formula is C23H33N5OS. The lowest BCUT2D eigenvalue weighted by Gasteiger charge is -2.20. The van der Waals surface area contributed by atoms with Gasteiger partial charge < -0.3 is 15.5 Å². The number of rotatable bonds is 8. The molecule has 3 rings (SSSR count). The lowest BCUT2D eigenvalue weighted by molar-refractivity contribution is -0.130. The van der Waals surface area contributed by atoms with Gasteiger partial charge in [-0.1, -0.05) is 36.8 Å². The zero-order valence-corrected chi connectivity index (χ0v) is 18.9. The summed E-state index contributed by atoms with van der Waals surface area (Å²) in [6.07, 6.45) is 4.96. The molecule has 2 aromatic rings. The second-order valence-electron chi connectivity index (χ2n) is 7.56. The average Bonchev–Trinajstić information content (AvgIpc) is 3.01. The molecule has 30 heavy (non-hydrogen) atoms. The van der Waals surface area contributed by atoms with Gasteiger partial charge in [0.15, 0.2) is 5.96 Å². The molecule has 2 heterocycles. The quantitative estimate of drug-likeness (QED) is 0.380. The van der Waals surface area contributed by atoms with Gasteiger partial charge in [-0.3, -0.25) is 4.79 Å². The molecule has 1 fully saturated rings. The number of amides is 1. The van der Waals surface area contributed by atoms with Crippen LogP contribution in [0, 0.1) is 6.92 Å². The van der Waals surface area contributed by atoms with E-state index in [1.54, 1.807) is 11.3 Å². The van der Waals surface area contributed by atoms with Crippen molar-refractivity contribution in [3.63, 3.8) is 0 Å². The molecule has 0 saturated carbocycles. The normalized spacial score (nSPS) is 15.2. The van der Waals surface area contributed by atoms with Crippen molar-refractivity contribution in [2.75, 3.05) is 26.2 Å². The van der Waals surface area contributed by atoms with E-state index < -0.39 is 0 Å². The molecule has 0 spiro atoms. The number of hydrogen-bond donors (Lipinski definition) is 2. The molecule has 1 aliphatic rings. The molecule has 2 N–H and O–H groups in total. The van der Waals surface area contributed by atoms with E-state index in [1.807, 2.05) is 30.0 Å². The number of aliphatic imine (C=N–C) groups is 1. The molecule has 1 amide bonds. The molecule has 7 heteroatoms. The maximum atomic E-state index is 12.1. The maximum absolute atomic E-state index is 12.1. The number of thiazole rings is 1. The third-order valence-electron chi connectivity index (χ3n) is 5.21. The predicted molar refractivity (Wildman–Crippen MR) is 125 cm³/mol. The number of hydrogen-bond acceptors (Lipinski definition) is 4. The van der Waals surface area contributed by atoms with E-state index in [-0.39, 0.29) is 0 Å². The lowest BCUT2D eigenvalue weighted by atomic mass is 10.2. The Bertz CT molecular complexity index is 833. The summed E-state index contributed by atoms with van der Waals surface area (Å²) in [5, 5.41) is 7.75. The van der Waals surface area contributed by atoms with Gasteiger partial charge in [0.1, 0.15) is 5.01 Å². The van der Waals surface area contributed by atoms with Gasteiger partial charge in [-0.05, 0) is 33.1 Å². The van der Waals surface area contributed by atoms with Gasteiger partial charge in [-0.25, -0.2) is 9.98 Å². The van der Waals surface area contributed by atoms with Crippen molar-refractivity contribution in [2.45, 2.75) is 52.5 Å².